The average Bonchev–Trinajstić information content (AvgIpc) is 3.52. The molecule has 6 rings (SSSR count). The van der Waals surface area contributed by atoms with E-state index < -0.39 is 0 Å². The van der Waals surface area contributed by atoms with Crippen LogP contribution in [0.2, 0.25) is 0 Å². The first-order valence-electron chi connectivity index (χ1n) is 16.6. The van der Waals surface area contributed by atoms with E-state index in [0.29, 0.717) is 73.1 Å². The number of hydrogen-bond acceptors (Lipinski definition) is 8. The molecule has 1 aromatic heterocycles. The van der Waals surface area contributed by atoms with Gasteiger partial charge in [0.15, 0.2) is 11.5 Å². The summed E-state index contributed by atoms with van der Waals surface area (Å²) in [6, 6.07) is 18.0. The molecule has 7 nitrogen and oxygen atoms in total. The second-order valence-corrected chi connectivity index (χ2v) is 14.4. The van der Waals surface area contributed by atoms with E-state index in [2.05, 4.69) is 44.2 Å². The molecule has 0 N–H and O–H groups in total. The second kappa shape index (κ2) is 13.9. The van der Waals surface area contributed by atoms with Crippen LogP contribution in [0.4, 0.5) is 0 Å². The molecule has 0 aliphatic heterocycles. The van der Waals surface area contributed by atoms with Crippen molar-refractivity contribution in [2.45, 2.75) is 79.1 Å². The molecule has 1 heterocycles. The smallest absolute Gasteiger partial charge is 0.314 e. The van der Waals surface area contributed by atoms with Crippen LogP contribution in [0.5, 0.6) is 11.5 Å². The van der Waals surface area contributed by atoms with E-state index in [-0.39, 0.29) is 47.2 Å². The van der Waals surface area contributed by atoms with Crippen molar-refractivity contribution >= 4 is 45.1 Å². The molecule has 0 radical (unpaired) electrons. The summed E-state index contributed by atoms with van der Waals surface area (Å²) in [7, 11) is 0. The lowest BCUT2D eigenvalue weighted by Crippen LogP contribution is -2.28. The summed E-state index contributed by atoms with van der Waals surface area (Å²) in [5.41, 5.74) is 6.04. The number of benzene rings is 3. The topological polar surface area (TPSA) is 99.6 Å². The first-order chi connectivity index (χ1) is 22.5. The number of aryl methyl sites for hydroxylation is 2. The van der Waals surface area contributed by atoms with E-state index in [9.17, 15) is 19.2 Å². The second-order valence-electron chi connectivity index (χ2n) is 13.4. The molecule has 2 fully saturated rings. The number of ketones is 2. The van der Waals surface area contributed by atoms with E-state index in [0.717, 1.165) is 21.7 Å². The van der Waals surface area contributed by atoms with Gasteiger partial charge in [-0.05, 0) is 102 Å². The van der Waals surface area contributed by atoms with E-state index in [1.807, 2.05) is 12.1 Å². The average molecular weight is 652 g/mol. The summed E-state index contributed by atoms with van der Waals surface area (Å²) in [6.07, 6.45) is 5.22. The van der Waals surface area contributed by atoms with Crippen LogP contribution in [0.25, 0.3) is 31.9 Å². The molecule has 4 aromatic rings. The molecule has 3 aromatic carbocycles. The fourth-order valence-corrected chi connectivity index (χ4v) is 8.09. The largest absolute Gasteiger partial charge is 0.425 e. The van der Waals surface area contributed by atoms with Crippen molar-refractivity contribution in [3.63, 3.8) is 0 Å². The van der Waals surface area contributed by atoms with Gasteiger partial charge in [0.05, 0.1) is 11.8 Å². The zero-order valence-electron chi connectivity index (χ0n) is 27.5. The van der Waals surface area contributed by atoms with Crippen molar-refractivity contribution in [3.05, 3.63) is 65.7 Å². The summed E-state index contributed by atoms with van der Waals surface area (Å²) in [5, 5.41) is 0.719. The molecule has 0 bridgehead atoms. The summed E-state index contributed by atoms with van der Waals surface area (Å²) < 4.78 is 12.6. The Bertz CT molecular complexity index is 1720. The lowest BCUT2D eigenvalue weighted by molar-refractivity contribution is -0.141. The molecular formula is C39H41NO6S. The maximum absolute atomic E-state index is 13.3. The molecule has 0 unspecified atom stereocenters. The SMILES string of the molecule is CC(=O)C1CCC(C(=O)Oc2ccc(OC(=O)C3CCC(C(C)=O)CC3)c3sc(-c4ccc(-c5cc(C)cc(C)c5)cc4)nc23)CC1. The molecule has 8 heteroatoms. The van der Waals surface area contributed by atoms with Gasteiger partial charge in [0.25, 0.3) is 0 Å². The number of rotatable bonds is 8. The normalized spacial score (nSPS) is 21.3. The third-order valence-electron chi connectivity index (χ3n) is 9.85. The number of nitrogens with zero attached hydrogens (tertiary/aromatic N) is 1. The highest BCUT2D eigenvalue weighted by Gasteiger charge is 2.32. The highest BCUT2D eigenvalue weighted by molar-refractivity contribution is 7.22. The third-order valence-corrected chi connectivity index (χ3v) is 11.0. The number of carbonyl (C=O) groups excluding carboxylic acids is 4. The minimum atomic E-state index is -0.326. The number of esters is 2. The van der Waals surface area contributed by atoms with Gasteiger partial charge in [0, 0.05) is 17.4 Å². The fourth-order valence-electron chi connectivity index (χ4n) is 7.05. The lowest BCUT2D eigenvalue weighted by Gasteiger charge is -2.25. The van der Waals surface area contributed by atoms with Gasteiger partial charge in [0.1, 0.15) is 26.8 Å². The Morgan fingerprint density at radius 2 is 1.04 bits per heavy atom. The van der Waals surface area contributed by atoms with Crippen LogP contribution in [0.15, 0.2) is 54.6 Å². The minimum absolute atomic E-state index is 0.0136. The van der Waals surface area contributed by atoms with E-state index in [1.54, 1.807) is 26.0 Å². The maximum atomic E-state index is 13.3. The molecule has 47 heavy (non-hydrogen) atoms. The summed E-state index contributed by atoms with van der Waals surface area (Å²) in [6.45, 7) is 7.41. The van der Waals surface area contributed by atoms with Crippen molar-refractivity contribution in [1.29, 1.82) is 0 Å². The van der Waals surface area contributed by atoms with Crippen molar-refractivity contribution < 1.29 is 28.7 Å². The van der Waals surface area contributed by atoms with Crippen molar-refractivity contribution in [2.75, 3.05) is 0 Å². The molecule has 0 saturated heterocycles. The van der Waals surface area contributed by atoms with Gasteiger partial charge in [-0.25, -0.2) is 4.98 Å². The van der Waals surface area contributed by atoms with Crippen LogP contribution in [-0.4, -0.2) is 28.5 Å². The van der Waals surface area contributed by atoms with Gasteiger partial charge < -0.3 is 9.47 Å². The fraction of sp³-hybridized carbons (Fsp3) is 0.410. The molecule has 0 spiro atoms. The highest BCUT2D eigenvalue weighted by atomic mass is 32.1. The minimum Gasteiger partial charge on any atom is -0.425 e. The van der Waals surface area contributed by atoms with Gasteiger partial charge in [0.2, 0.25) is 0 Å². The monoisotopic (exact) mass is 651 g/mol. The van der Waals surface area contributed by atoms with Crippen LogP contribution >= 0.6 is 11.3 Å². The lowest BCUT2D eigenvalue weighted by atomic mass is 9.80. The van der Waals surface area contributed by atoms with Crippen molar-refractivity contribution in [2.24, 2.45) is 23.7 Å². The molecule has 0 atom stereocenters. The van der Waals surface area contributed by atoms with E-state index in [4.69, 9.17) is 14.5 Å². The number of carbonyl (C=O) groups is 4. The number of aromatic nitrogens is 1. The van der Waals surface area contributed by atoms with E-state index >= 15 is 0 Å². The predicted molar refractivity (Wildman–Crippen MR) is 183 cm³/mol. The van der Waals surface area contributed by atoms with Crippen LogP contribution in [0.3, 0.4) is 0 Å². The highest BCUT2D eigenvalue weighted by Crippen LogP contribution is 2.42. The van der Waals surface area contributed by atoms with Gasteiger partial charge >= 0.3 is 11.9 Å². The van der Waals surface area contributed by atoms with Gasteiger partial charge in [-0.1, -0.05) is 53.6 Å². The Labute approximate surface area is 279 Å². The number of thiazole rings is 1. The standard InChI is InChI=1S/C39H41NO6S/c1-22-19-23(2)21-32(20-22)28-9-11-29(12-10-28)37-40-35-33(45-38(43)30-13-5-26(6-14-30)24(3)41)17-18-34(36(35)47-37)46-39(44)31-15-7-27(8-16-31)25(4)42/h9-12,17-21,26-27,30-31H,5-8,13-16H2,1-4H3. The summed E-state index contributed by atoms with van der Waals surface area (Å²) >= 11 is 1.40. The first-order valence-corrected chi connectivity index (χ1v) is 17.4. The van der Waals surface area contributed by atoms with Gasteiger partial charge in [-0.15, -0.1) is 11.3 Å². The Balaban J connectivity index is 1.28. The number of Topliss-reactive ketones (excluding diaryl/α,β-unsaturated/α-hetero) is 2. The van der Waals surface area contributed by atoms with Gasteiger partial charge in [-0.3, -0.25) is 19.2 Å². The molecule has 244 valence electrons. The molecular weight excluding hydrogens is 610 g/mol. The van der Waals surface area contributed by atoms with Crippen molar-refractivity contribution in [3.8, 4) is 33.2 Å². The predicted octanol–water partition coefficient (Wildman–Crippen LogP) is 8.85. The van der Waals surface area contributed by atoms with Gasteiger partial charge in [-0.2, -0.15) is 0 Å². The Morgan fingerprint density at radius 1 is 0.596 bits per heavy atom. The quantitative estimate of drug-likeness (QED) is 0.139. The molecule has 0 amide bonds. The van der Waals surface area contributed by atoms with Crippen LogP contribution < -0.4 is 9.47 Å². The summed E-state index contributed by atoms with van der Waals surface area (Å²) in [5.74, 6) is -0.0937. The van der Waals surface area contributed by atoms with Crippen LogP contribution in [0, 0.1) is 37.5 Å². The van der Waals surface area contributed by atoms with Crippen LogP contribution in [-0.2, 0) is 19.2 Å². The van der Waals surface area contributed by atoms with Crippen molar-refractivity contribution in [1.82, 2.24) is 4.98 Å². The van der Waals surface area contributed by atoms with E-state index in [1.165, 1.54) is 22.5 Å². The number of ether oxygens (including phenoxy) is 2. The zero-order chi connectivity index (χ0) is 33.2. The first kappa shape index (κ1) is 32.8. The zero-order valence-corrected chi connectivity index (χ0v) is 28.3. The summed E-state index contributed by atoms with van der Waals surface area (Å²) in [4.78, 5) is 55.2. The Kier molecular flexibility index (Phi) is 9.69. The Morgan fingerprint density at radius 3 is 1.55 bits per heavy atom. The number of hydrogen-bond donors (Lipinski definition) is 0. The molecule has 2 saturated carbocycles. The molecule has 2 aliphatic carbocycles. The third kappa shape index (κ3) is 7.38. The Hall–Kier alpha value is -4.17. The van der Waals surface area contributed by atoms with Crippen LogP contribution in [0.1, 0.15) is 76.3 Å². The number of fused-ring (bicyclic) bond motifs is 1. The molecule has 2 aliphatic rings. The maximum Gasteiger partial charge on any atom is 0.314 e.